The maximum absolute atomic E-state index is 13.4. The van der Waals surface area contributed by atoms with E-state index in [9.17, 15) is 9.18 Å². The van der Waals surface area contributed by atoms with Crippen LogP contribution in [-0.2, 0) is 17.1 Å². The second kappa shape index (κ2) is 4.76. The van der Waals surface area contributed by atoms with Gasteiger partial charge in [-0.3, -0.25) is 4.79 Å². The Kier molecular flexibility index (Phi) is 3.64. The van der Waals surface area contributed by atoms with E-state index in [1.165, 1.54) is 6.07 Å². The number of aliphatic carboxylic acids is 1. The fourth-order valence-electron chi connectivity index (χ4n) is 1.23. The van der Waals surface area contributed by atoms with E-state index in [2.05, 4.69) is 0 Å². The summed E-state index contributed by atoms with van der Waals surface area (Å²) in [6.45, 7) is 0. The van der Waals surface area contributed by atoms with Gasteiger partial charge in [-0.25, -0.2) is 4.39 Å². The van der Waals surface area contributed by atoms with Crippen LogP contribution in [0.4, 0.5) is 4.39 Å². The summed E-state index contributed by atoms with van der Waals surface area (Å²) in [7, 11) is 0. The third-order valence-electron chi connectivity index (χ3n) is 1.89. The van der Waals surface area contributed by atoms with Crippen molar-refractivity contribution in [2.24, 2.45) is 0 Å². The third kappa shape index (κ3) is 2.67. The average molecular weight is 228 g/mol. The number of nitriles is 1. The molecule has 0 saturated carbocycles. The molecule has 0 amide bonds. The number of nitrogens with zero attached hydrogens (tertiary/aromatic N) is 1. The van der Waals surface area contributed by atoms with Gasteiger partial charge in [0.25, 0.3) is 0 Å². The zero-order valence-electron chi connectivity index (χ0n) is 7.63. The molecule has 5 heteroatoms. The molecule has 1 N–H and O–H groups in total. The number of hydrogen-bond donors (Lipinski definition) is 1. The Labute approximate surface area is 90.7 Å². The molecule has 1 aromatic carbocycles. The van der Waals surface area contributed by atoms with Crippen molar-refractivity contribution < 1.29 is 14.3 Å². The van der Waals surface area contributed by atoms with Crippen molar-refractivity contribution in [1.82, 2.24) is 0 Å². The molecule has 0 atom stereocenters. The Bertz CT molecular complexity index is 440. The molecule has 0 aromatic heterocycles. The zero-order chi connectivity index (χ0) is 11.4. The first-order valence-electron chi connectivity index (χ1n) is 4.07. The zero-order valence-corrected chi connectivity index (χ0v) is 8.38. The van der Waals surface area contributed by atoms with Gasteiger partial charge in [0, 0.05) is 11.4 Å². The minimum absolute atomic E-state index is 0.0188. The molecule has 15 heavy (non-hydrogen) atoms. The van der Waals surface area contributed by atoms with Crippen molar-refractivity contribution >= 4 is 17.6 Å². The molecule has 1 rings (SSSR count). The van der Waals surface area contributed by atoms with Crippen molar-refractivity contribution in [2.45, 2.75) is 12.3 Å². The minimum Gasteiger partial charge on any atom is -0.481 e. The normalized spacial score (nSPS) is 9.67. The van der Waals surface area contributed by atoms with Gasteiger partial charge in [-0.2, -0.15) is 5.26 Å². The molecule has 0 heterocycles. The first-order valence-corrected chi connectivity index (χ1v) is 4.61. The molecule has 3 nitrogen and oxygen atoms in total. The lowest BCUT2D eigenvalue weighted by Crippen LogP contribution is -2.06. The number of benzene rings is 1. The molecule has 0 radical (unpaired) electrons. The molecular weight excluding hydrogens is 221 g/mol. The predicted octanol–water partition coefficient (Wildman–Crippen LogP) is 2.06. The van der Waals surface area contributed by atoms with Gasteiger partial charge in [-0.15, -0.1) is 11.6 Å². The lowest BCUT2D eigenvalue weighted by Gasteiger charge is -2.06. The molecule has 1 aromatic rings. The van der Waals surface area contributed by atoms with Crippen molar-refractivity contribution in [3.8, 4) is 6.07 Å². The molecule has 0 fully saturated rings. The summed E-state index contributed by atoms with van der Waals surface area (Å²) in [5.74, 6) is -1.85. The minimum atomic E-state index is -1.13. The highest BCUT2D eigenvalue weighted by Crippen LogP contribution is 2.19. The monoisotopic (exact) mass is 227 g/mol. The lowest BCUT2D eigenvalue weighted by atomic mass is 10.0. The second-order valence-electron chi connectivity index (χ2n) is 2.91. The van der Waals surface area contributed by atoms with Gasteiger partial charge in [0.05, 0.1) is 18.1 Å². The number of carboxylic acid groups (broad SMARTS) is 1. The van der Waals surface area contributed by atoms with E-state index in [1.807, 2.05) is 0 Å². The SMILES string of the molecule is N#Cc1cc(F)c(CC(=O)O)c(CCl)c1. The van der Waals surface area contributed by atoms with Crippen LogP contribution in [0.5, 0.6) is 0 Å². The van der Waals surface area contributed by atoms with E-state index in [-0.39, 0.29) is 17.0 Å². The first-order chi connectivity index (χ1) is 7.08. The fourth-order valence-corrected chi connectivity index (χ4v) is 1.46. The van der Waals surface area contributed by atoms with Crippen LogP contribution in [0.15, 0.2) is 12.1 Å². The molecule has 0 aliphatic heterocycles. The smallest absolute Gasteiger partial charge is 0.307 e. The molecule has 78 valence electrons. The lowest BCUT2D eigenvalue weighted by molar-refractivity contribution is -0.136. The number of carboxylic acids is 1. The molecule has 0 aliphatic carbocycles. The summed E-state index contributed by atoms with van der Waals surface area (Å²) >= 11 is 5.55. The van der Waals surface area contributed by atoms with Gasteiger partial charge >= 0.3 is 5.97 Å². The molecular formula is C10H7ClFNO2. The maximum atomic E-state index is 13.4. The first kappa shape index (κ1) is 11.5. The van der Waals surface area contributed by atoms with Crippen LogP contribution >= 0.6 is 11.6 Å². The quantitative estimate of drug-likeness (QED) is 0.804. The van der Waals surface area contributed by atoms with Crippen molar-refractivity contribution in [2.75, 3.05) is 0 Å². The second-order valence-corrected chi connectivity index (χ2v) is 3.18. The van der Waals surface area contributed by atoms with Gasteiger partial charge in [0.1, 0.15) is 5.82 Å². The summed E-state index contributed by atoms with van der Waals surface area (Å²) in [4.78, 5) is 10.5. The van der Waals surface area contributed by atoms with Crippen LogP contribution < -0.4 is 0 Å². The van der Waals surface area contributed by atoms with E-state index in [4.69, 9.17) is 22.0 Å². The van der Waals surface area contributed by atoms with Crippen LogP contribution in [0.1, 0.15) is 16.7 Å². The topological polar surface area (TPSA) is 61.1 Å². The fraction of sp³-hybridized carbons (Fsp3) is 0.200. The number of rotatable bonds is 3. The van der Waals surface area contributed by atoms with Gasteiger partial charge in [0.2, 0.25) is 0 Å². The van der Waals surface area contributed by atoms with Crippen molar-refractivity contribution in [3.63, 3.8) is 0 Å². The summed E-state index contributed by atoms with van der Waals surface area (Å²) in [5, 5.41) is 17.1. The molecule has 0 spiro atoms. The summed E-state index contributed by atoms with van der Waals surface area (Å²) in [6.07, 6.45) is -0.431. The Balaban J connectivity index is 3.25. The van der Waals surface area contributed by atoms with E-state index >= 15 is 0 Å². The largest absolute Gasteiger partial charge is 0.481 e. The van der Waals surface area contributed by atoms with Gasteiger partial charge < -0.3 is 5.11 Å². The Hall–Kier alpha value is -1.60. The van der Waals surface area contributed by atoms with Gasteiger partial charge in [-0.1, -0.05) is 0 Å². The van der Waals surface area contributed by atoms with Crippen LogP contribution in [-0.4, -0.2) is 11.1 Å². The molecule has 0 saturated heterocycles. The van der Waals surface area contributed by atoms with Gasteiger partial charge in [-0.05, 0) is 17.7 Å². The third-order valence-corrected chi connectivity index (χ3v) is 2.18. The summed E-state index contributed by atoms with van der Waals surface area (Å²) < 4.78 is 13.4. The van der Waals surface area contributed by atoms with Crippen molar-refractivity contribution in [1.29, 1.82) is 5.26 Å². The highest BCUT2D eigenvalue weighted by molar-refractivity contribution is 6.17. The number of carbonyl (C=O) groups is 1. The Morgan fingerprint density at radius 2 is 2.27 bits per heavy atom. The maximum Gasteiger partial charge on any atom is 0.307 e. The van der Waals surface area contributed by atoms with Crippen LogP contribution in [0, 0.1) is 17.1 Å². The van der Waals surface area contributed by atoms with E-state index < -0.39 is 18.2 Å². The number of hydrogen-bond acceptors (Lipinski definition) is 2. The van der Waals surface area contributed by atoms with Crippen molar-refractivity contribution in [3.05, 3.63) is 34.6 Å². The highest BCUT2D eigenvalue weighted by Gasteiger charge is 2.13. The molecule has 0 unspecified atom stereocenters. The van der Waals surface area contributed by atoms with Crippen LogP contribution in [0.25, 0.3) is 0 Å². The highest BCUT2D eigenvalue weighted by atomic mass is 35.5. The molecule has 0 bridgehead atoms. The Morgan fingerprint density at radius 3 is 2.73 bits per heavy atom. The average Bonchev–Trinajstić information content (AvgIpc) is 2.20. The number of halogens is 2. The van der Waals surface area contributed by atoms with Crippen LogP contribution in [0.3, 0.4) is 0 Å². The summed E-state index contributed by atoms with van der Waals surface area (Å²) in [6, 6.07) is 4.18. The predicted molar refractivity (Wildman–Crippen MR) is 52.0 cm³/mol. The van der Waals surface area contributed by atoms with E-state index in [0.717, 1.165) is 6.07 Å². The molecule has 0 aliphatic rings. The standard InChI is InChI=1S/C10H7ClFNO2/c11-4-7-1-6(5-13)2-9(12)8(7)3-10(14)15/h1-2H,3-4H2,(H,14,15). The van der Waals surface area contributed by atoms with E-state index in [1.54, 1.807) is 6.07 Å². The van der Waals surface area contributed by atoms with Crippen LogP contribution in [0.2, 0.25) is 0 Å². The number of alkyl halides is 1. The summed E-state index contributed by atoms with van der Waals surface area (Å²) in [5.41, 5.74) is 0.518. The van der Waals surface area contributed by atoms with Gasteiger partial charge in [0.15, 0.2) is 0 Å². The Morgan fingerprint density at radius 1 is 1.60 bits per heavy atom. The van der Waals surface area contributed by atoms with E-state index in [0.29, 0.717) is 5.56 Å².